The predicted octanol–water partition coefficient (Wildman–Crippen LogP) is -0.271. The standard InChI is InChI=1S/C3H3FO2.H2O/c1-2(4)3(5)6;/h1H2,(H,5,6);1H2. The van der Waals surface area contributed by atoms with Gasteiger partial charge in [-0.25, -0.2) is 4.79 Å². The lowest BCUT2D eigenvalue weighted by atomic mass is 10.6. The number of hydrogen-bond acceptors (Lipinski definition) is 1. The van der Waals surface area contributed by atoms with Crippen LogP contribution in [0.15, 0.2) is 12.4 Å². The molecular formula is C3H5FO3. The zero-order chi connectivity index (χ0) is 5.15. The second kappa shape index (κ2) is 3.30. The summed E-state index contributed by atoms with van der Waals surface area (Å²) in [6.07, 6.45) is 0. The van der Waals surface area contributed by atoms with Gasteiger partial charge < -0.3 is 10.6 Å². The molecular weight excluding hydrogens is 103 g/mol. The largest absolute Gasteiger partial charge is 0.476 e. The fourth-order valence-corrected chi connectivity index (χ4v) is 0. The number of carboxylic acid groups (broad SMARTS) is 1. The second-order valence-corrected chi connectivity index (χ2v) is 0.710. The van der Waals surface area contributed by atoms with Crippen molar-refractivity contribution in [3.8, 4) is 0 Å². The molecule has 0 aromatic heterocycles. The number of rotatable bonds is 1. The first-order chi connectivity index (χ1) is 2.64. The minimum Gasteiger partial charge on any atom is -0.476 e. The maximum absolute atomic E-state index is 11.0. The molecule has 0 amide bonds. The Hall–Kier alpha value is -0.900. The van der Waals surface area contributed by atoms with Crippen molar-refractivity contribution in [1.82, 2.24) is 0 Å². The maximum Gasteiger partial charge on any atom is 0.364 e. The van der Waals surface area contributed by atoms with Gasteiger partial charge in [0.1, 0.15) is 0 Å². The summed E-state index contributed by atoms with van der Waals surface area (Å²) in [6.45, 7) is 2.49. The molecule has 0 saturated heterocycles. The highest BCUT2D eigenvalue weighted by Crippen LogP contribution is 1.86. The molecule has 0 aromatic rings. The average Bonchev–Trinajstić information content (AvgIpc) is 1.36. The van der Waals surface area contributed by atoms with Crippen LogP contribution >= 0.6 is 0 Å². The molecule has 0 fully saturated rings. The van der Waals surface area contributed by atoms with Gasteiger partial charge in [-0.2, -0.15) is 4.39 Å². The van der Waals surface area contributed by atoms with Crippen LogP contribution in [0, 0.1) is 0 Å². The van der Waals surface area contributed by atoms with Gasteiger partial charge in [0.15, 0.2) is 0 Å². The molecule has 0 rings (SSSR count). The third kappa shape index (κ3) is 5.10. The second-order valence-electron chi connectivity index (χ2n) is 0.710. The van der Waals surface area contributed by atoms with Gasteiger partial charge in [-0.15, -0.1) is 0 Å². The molecule has 0 bridgehead atoms. The first-order valence-corrected chi connectivity index (χ1v) is 1.22. The summed E-state index contributed by atoms with van der Waals surface area (Å²) in [6, 6.07) is 0. The highest BCUT2D eigenvalue weighted by Gasteiger charge is 1.96. The molecule has 0 aromatic carbocycles. The number of hydrogen-bond donors (Lipinski definition) is 1. The van der Waals surface area contributed by atoms with Crippen molar-refractivity contribution < 1.29 is 19.8 Å². The van der Waals surface area contributed by atoms with E-state index in [2.05, 4.69) is 6.58 Å². The molecule has 42 valence electrons. The molecule has 7 heavy (non-hydrogen) atoms. The lowest BCUT2D eigenvalue weighted by Gasteiger charge is -1.75. The lowest BCUT2D eigenvalue weighted by Crippen LogP contribution is -1.90. The molecule has 0 aliphatic rings. The Morgan fingerprint density at radius 2 is 1.86 bits per heavy atom. The van der Waals surface area contributed by atoms with Gasteiger partial charge in [-0.3, -0.25) is 0 Å². The van der Waals surface area contributed by atoms with E-state index in [0.717, 1.165) is 0 Å². The van der Waals surface area contributed by atoms with Crippen LogP contribution in [0.4, 0.5) is 4.39 Å². The van der Waals surface area contributed by atoms with Crippen molar-refractivity contribution >= 4 is 5.97 Å². The van der Waals surface area contributed by atoms with E-state index in [1.165, 1.54) is 0 Å². The molecule has 0 unspecified atom stereocenters. The van der Waals surface area contributed by atoms with E-state index in [0.29, 0.717) is 0 Å². The molecule has 4 heteroatoms. The SMILES string of the molecule is C=C(F)C(=O)O.O. The summed E-state index contributed by atoms with van der Waals surface area (Å²) in [5.41, 5.74) is 0. The fraction of sp³-hybridized carbons (Fsp3) is 0. The molecule has 0 aliphatic heterocycles. The van der Waals surface area contributed by atoms with Crippen molar-refractivity contribution in [3.05, 3.63) is 12.4 Å². The van der Waals surface area contributed by atoms with Gasteiger partial charge in [0.25, 0.3) is 0 Å². The van der Waals surface area contributed by atoms with Crippen LogP contribution < -0.4 is 0 Å². The van der Waals surface area contributed by atoms with E-state index in [-0.39, 0.29) is 5.48 Å². The van der Waals surface area contributed by atoms with E-state index in [4.69, 9.17) is 5.11 Å². The summed E-state index contributed by atoms with van der Waals surface area (Å²) in [5.74, 6) is -2.93. The minimum atomic E-state index is -1.60. The Labute approximate surface area is 39.4 Å². The topological polar surface area (TPSA) is 68.8 Å². The molecule has 0 saturated carbocycles. The third-order valence-electron chi connectivity index (χ3n) is 0.232. The quantitative estimate of drug-likeness (QED) is 0.469. The van der Waals surface area contributed by atoms with E-state index < -0.39 is 11.8 Å². The Morgan fingerprint density at radius 1 is 1.71 bits per heavy atom. The van der Waals surface area contributed by atoms with Gasteiger partial charge in [0.05, 0.1) is 0 Å². The van der Waals surface area contributed by atoms with Crippen molar-refractivity contribution in [3.63, 3.8) is 0 Å². The van der Waals surface area contributed by atoms with Gasteiger partial charge in [0, 0.05) is 0 Å². The van der Waals surface area contributed by atoms with Gasteiger partial charge in [0.2, 0.25) is 5.83 Å². The van der Waals surface area contributed by atoms with E-state index >= 15 is 0 Å². The first-order valence-electron chi connectivity index (χ1n) is 1.22. The van der Waals surface area contributed by atoms with Crippen LogP contribution in [0.2, 0.25) is 0 Å². The molecule has 0 atom stereocenters. The van der Waals surface area contributed by atoms with E-state index in [9.17, 15) is 9.18 Å². The molecule has 0 heterocycles. The first kappa shape index (κ1) is 9.44. The molecule has 0 radical (unpaired) electrons. The van der Waals surface area contributed by atoms with Crippen LogP contribution in [0.1, 0.15) is 0 Å². The lowest BCUT2D eigenvalue weighted by molar-refractivity contribution is -0.134. The van der Waals surface area contributed by atoms with Crippen LogP contribution in [0.25, 0.3) is 0 Å². The monoisotopic (exact) mass is 108 g/mol. The number of halogens is 1. The smallest absolute Gasteiger partial charge is 0.364 e. The van der Waals surface area contributed by atoms with Gasteiger partial charge in [-0.05, 0) is 0 Å². The Morgan fingerprint density at radius 3 is 1.86 bits per heavy atom. The minimum absolute atomic E-state index is 0. The van der Waals surface area contributed by atoms with Crippen LogP contribution in [0.5, 0.6) is 0 Å². The van der Waals surface area contributed by atoms with Gasteiger partial charge in [-0.1, -0.05) is 6.58 Å². The fourth-order valence-electron chi connectivity index (χ4n) is 0. The Kier molecular flexibility index (Phi) is 4.44. The zero-order valence-corrected chi connectivity index (χ0v) is 3.44. The Balaban J connectivity index is 0. The van der Waals surface area contributed by atoms with Gasteiger partial charge >= 0.3 is 5.97 Å². The number of carboxylic acids is 1. The summed E-state index contributed by atoms with van der Waals surface area (Å²) in [7, 11) is 0. The molecule has 3 N–H and O–H groups in total. The summed E-state index contributed by atoms with van der Waals surface area (Å²) in [4.78, 5) is 9.22. The van der Waals surface area contributed by atoms with Crippen molar-refractivity contribution in [1.29, 1.82) is 0 Å². The zero-order valence-electron chi connectivity index (χ0n) is 3.44. The average molecular weight is 108 g/mol. The van der Waals surface area contributed by atoms with Crippen molar-refractivity contribution in [2.45, 2.75) is 0 Å². The summed E-state index contributed by atoms with van der Waals surface area (Å²) in [5, 5.41) is 7.52. The highest BCUT2D eigenvalue weighted by molar-refractivity contribution is 5.82. The molecule has 3 nitrogen and oxygen atoms in total. The number of carbonyl (C=O) groups is 1. The maximum atomic E-state index is 11.0. The van der Waals surface area contributed by atoms with E-state index in [1.807, 2.05) is 0 Å². The van der Waals surface area contributed by atoms with Crippen molar-refractivity contribution in [2.75, 3.05) is 0 Å². The predicted molar refractivity (Wildman–Crippen MR) is 21.5 cm³/mol. The normalized spacial score (nSPS) is 6.43. The third-order valence-corrected chi connectivity index (χ3v) is 0.232. The van der Waals surface area contributed by atoms with Crippen LogP contribution in [0.3, 0.4) is 0 Å². The highest BCUT2D eigenvalue weighted by atomic mass is 19.1. The van der Waals surface area contributed by atoms with Crippen LogP contribution in [-0.4, -0.2) is 16.6 Å². The Bertz CT molecular complexity index is 76.2. The van der Waals surface area contributed by atoms with E-state index in [1.54, 1.807) is 0 Å². The van der Waals surface area contributed by atoms with Crippen LogP contribution in [-0.2, 0) is 4.79 Å². The summed E-state index contributed by atoms with van der Waals surface area (Å²) >= 11 is 0. The molecule has 0 aliphatic carbocycles. The van der Waals surface area contributed by atoms with Crippen molar-refractivity contribution in [2.24, 2.45) is 0 Å². The molecule has 0 spiro atoms. The number of aliphatic carboxylic acids is 1. The summed E-state index contributed by atoms with van der Waals surface area (Å²) < 4.78 is 11.0.